The number of imidazole rings is 1. The van der Waals surface area contributed by atoms with Gasteiger partial charge in [0, 0.05) is 19.2 Å². The van der Waals surface area contributed by atoms with E-state index in [-0.39, 0.29) is 5.82 Å². The van der Waals surface area contributed by atoms with Crippen molar-refractivity contribution in [3.8, 4) is 0 Å². The number of nitrogens with zero attached hydrogens (tertiary/aromatic N) is 3. The van der Waals surface area contributed by atoms with Gasteiger partial charge in [0.05, 0.1) is 21.4 Å². The van der Waals surface area contributed by atoms with Crippen molar-refractivity contribution in [2.75, 3.05) is 19.6 Å². The van der Waals surface area contributed by atoms with Gasteiger partial charge in [-0.2, -0.15) is 0 Å². The fraction of sp³-hybridized carbons (Fsp3) is 0.500. The predicted octanol–water partition coefficient (Wildman–Crippen LogP) is 3.77. The molecule has 0 saturated carbocycles. The Balaban J connectivity index is 1.92. The molecule has 0 atom stereocenters. The van der Waals surface area contributed by atoms with E-state index in [9.17, 15) is 4.39 Å². The Labute approximate surface area is 130 Å². The molecule has 0 spiro atoms. The van der Waals surface area contributed by atoms with Gasteiger partial charge in [-0.05, 0) is 47.9 Å². The van der Waals surface area contributed by atoms with Crippen LogP contribution in [0.1, 0.15) is 18.7 Å². The van der Waals surface area contributed by atoms with Crippen LogP contribution in [0.15, 0.2) is 16.6 Å². The molecule has 1 aromatic carbocycles. The van der Waals surface area contributed by atoms with Crippen molar-refractivity contribution in [3.63, 3.8) is 0 Å². The highest BCUT2D eigenvalue weighted by Crippen LogP contribution is 2.25. The lowest BCUT2D eigenvalue weighted by atomic mass is 10.3. The maximum absolute atomic E-state index is 13.8. The van der Waals surface area contributed by atoms with Crippen LogP contribution >= 0.6 is 27.5 Å². The van der Waals surface area contributed by atoms with Gasteiger partial charge in [-0.1, -0.05) is 0 Å². The number of halogens is 3. The summed E-state index contributed by atoms with van der Waals surface area (Å²) >= 11 is 9.18. The number of rotatable bonds is 4. The second kappa shape index (κ2) is 6.00. The van der Waals surface area contributed by atoms with Crippen LogP contribution in [0.4, 0.5) is 4.39 Å². The Hall–Kier alpha value is -0.650. The minimum absolute atomic E-state index is 0.263. The molecular weight excluding hydrogens is 345 g/mol. The predicted molar refractivity (Wildman–Crippen MR) is 82.6 cm³/mol. The number of alkyl halides is 1. The number of aromatic nitrogens is 2. The van der Waals surface area contributed by atoms with Crippen molar-refractivity contribution in [3.05, 3.63) is 28.2 Å². The summed E-state index contributed by atoms with van der Waals surface area (Å²) < 4.78 is 16.2. The summed E-state index contributed by atoms with van der Waals surface area (Å²) in [5, 5.41) is 0. The highest BCUT2D eigenvalue weighted by molar-refractivity contribution is 9.10. The van der Waals surface area contributed by atoms with E-state index in [4.69, 9.17) is 11.6 Å². The Morgan fingerprint density at radius 2 is 2.00 bits per heavy atom. The molecule has 0 unspecified atom stereocenters. The van der Waals surface area contributed by atoms with Gasteiger partial charge in [-0.15, -0.1) is 11.6 Å². The molecule has 1 aromatic heterocycles. The molecule has 0 amide bonds. The number of likely N-dealkylation sites (tertiary alicyclic amines) is 1. The first-order valence-corrected chi connectivity index (χ1v) is 8.14. The van der Waals surface area contributed by atoms with Gasteiger partial charge in [0.25, 0.3) is 0 Å². The Morgan fingerprint density at radius 3 is 2.70 bits per heavy atom. The second-order valence-electron chi connectivity index (χ2n) is 5.12. The number of benzene rings is 1. The molecule has 2 aromatic rings. The second-order valence-corrected chi connectivity index (χ2v) is 6.24. The molecule has 0 aliphatic carbocycles. The lowest BCUT2D eigenvalue weighted by Gasteiger charge is -2.16. The summed E-state index contributed by atoms with van der Waals surface area (Å²) in [6.07, 6.45) is 2.54. The van der Waals surface area contributed by atoms with Crippen molar-refractivity contribution >= 4 is 38.6 Å². The molecule has 6 heteroatoms. The molecule has 0 radical (unpaired) electrons. The monoisotopic (exact) mass is 359 g/mol. The fourth-order valence-corrected chi connectivity index (χ4v) is 3.30. The van der Waals surface area contributed by atoms with Crippen molar-refractivity contribution < 1.29 is 4.39 Å². The summed E-state index contributed by atoms with van der Waals surface area (Å²) in [5.74, 6) is 0.882. The van der Waals surface area contributed by atoms with E-state index < -0.39 is 0 Å². The van der Waals surface area contributed by atoms with E-state index in [1.54, 1.807) is 6.07 Å². The van der Waals surface area contributed by atoms with Gasteiger partial charge in [-0.3, -0.25) is 0 Å². The number of hydrogen-bond donors (Lipinski definition) is 0. The average molecular weight is 361 g/mol. The van der Waals surface area contributed by atoms with E-state index in [1.165, 1.54) is 18.9 Å². The van der Waals surface area contributed by atoms with Gasteiger partial charge >= 0.3 is 0 Å². The quantitative estimate of drug-likeness (QED) is 0.774. The smallest absolute Gasteiger partial charge is 0.139 e. The zero-order valence-corrected chi connectivity index (χ0v) is 13.4. The zero-order chi connectivity index (χ0) is 14.1. The SMILES string of the molecule is Fc1cc2c(cc1Br)nc(CCl)n2CCN1CCCC1. The third kappa shape index (κ3) is 2.71. The van der Waals surface area contributed by atoms with Gasteiger partial charge in [0.2, 0.25) is 0 Å². The van der Waals surface area contributed by atoms with Crippen LogP contribution in [0.3, 0.4) is 0 Å². The molecule has 20 heavy (non-hydrogen) atoms. The summed E-state index contributed by atoms with van der Waals surface area (Å²) in [6.45, 7) is 4.08. The summed E-state index contributed by atoms with van der Waals surface area (Å²) in [5.41, 5.74) is 1.61. The Kier molecular flexibility index (Phi) is 4.29. The van der Waals surface area contributed by atoms with Crippen molar-refractivity contribution in [2.24, 2.45) is 0 Å². The van der Waals surface area contributed by atoms with Gasteiger partial charge in [0.15, 0.2) is 0 Å². The molecule has 3 nitrogen and oxygen atoms in total. The molecule has 0 N–H and O–H groups in total. The van der Waals surface area contributed by atoms with Crippen LogP contribution in [0.2, 0.25) is 0 Å². The lowest BCUT2D eigenvalue weighted by Crippen LogP contribution is -2.24. The topological polar surface area (TPSA) is 21.1 Å². The largest absolute Gasteiger partial charge is 0.326 e. The molecule has 3 rings (SSSR count). The molecule has 1 fully saturated rings. The van der Waals surface area contributed by atoms with Crippen LogP contribution in [0, 0.1) is 5.82 Å². The Morgan fingerprint density at radius 1 is 1.25 bits per heavy atom. The lowest BCUT2D eigenvalue weighted by molar-refractivity contribution is 0.323. The maximum Gasteiger partial charge on any atom is 0.139 e. The van der Waals surface area contributed by atoms with Gasteiger partial charge < -0.3 is 9.47 Å². The van der Waals surface area contributed by atoms with E-state index in [0.29, 0.717) is 10.4 Å². The number of hydrogen-bond acceptors (Lipinski definition) is 2. The van der Waals surface area contributed by atoms with Gasteiger partial charge in [-0.25, -0.2) is 9.37 Å². The van der Waals surface area contributed by atoms with Crippen LogP contribution in [0.25, 0.3) is 11.0 Å². The Bertz CT molecular complexity index is 622. The van der Waals surface area contributed by atoms with Crippen LogP contribution in [-0.2, 0) is 12.4 Å². The minimum Gasteiger partial charge on any atom is -0.326 e. The first-order valence-electron chi connectivity index (χ1n) is 6.81. The summed E-state index contributed by atoms with van der Waals surface area (Å²) in [6, 6.07) is 3.25. The highest BCUT2D eigenvalue weighted by Gasteiger charge is 2.15. The molecule has 1 aliphatic rings. The standard InChI is InChI=1S/C14H16BrClFN3/c15-10-7-12-13(8-11(10)17)20(14(9-16)18-12)6-5-19-3-1-2-4-19/h7-8H,1-6,9H2. The summed E-state index contributed by atoms with van der Waals surface area (Å²) in [7, 11) is 0. The third-order valence-electron chi connectivity index (χ3n) is 3.83. The van der Waals surface area contributed by atoms with E-state index in [1.807, 2.05) is 4.57 Å². The normalized spacial score (nSPS) is 16.4. The van der Waals surface area contributed by atoms with Crippen LogP contribution in [0.5, 0.6) is 0 Å². The van der Waals surface area contributed by atoms with E-state index in [2.05, 4.69) is 25.8 Å². The molecule has 108 valence electrons. The van der Waals surface area contributed by atoms with Crippen molar-refractivity contribution in [1.29, 1.82) is 0 Å². The zero-order valence-electron chi connectivity index (χ0n) is 11.1. The van der Waals surface area contributed by atoms with Gasteiger partial charge in [0.1, 0.15) is 11.6 Å². The maximum atomic E-state index is 13.8. The summed E-state index contributed by atoms with van der Waals surface area (Å²) in [4.78, 5) is 6.92. The van der Waals surface area contributed by atoms with E-state index in [0.717, 1.165) is 43.0 Å². The molecule has 1 aliphatic heterocycles. The van der Waals surface area contributed by atoms with Crippen molar-refractivity contribution in [2.45, 2.75) is 25.3 Å². The molecule has 2 heterocycles. The first-order chi connectivity index (χ1) is 9.69. The molecule has 0 bridgehead atoms. The van der Waals surface area contributed by atoms with Crippen LogP contribution < -0.4 is 0 Å². The highest BCUT2D eigenvalue weighted by atomic mass is 79.9. The number of fused-ring (bicyclic) bond motifs is 1. The third-order valence-corrected chi connectivity index (χ3v) is 4.67. The van der Waals surface area contributed by atoms with Crippen molar-refractivity contribution in [1.82, 2.24) is 14.5 Å². The van der Waals surface area contributed by atoms with Crippen LogP contribution in [-0.4, -0.2) is 34.1 Å². The molecule has 1 saturated heterocycles. The van der Waals surface area contributed by atoms with E-state index >= 15 is 0 Å². The first kappa shape index (κ1) is 14.3. The minimum atomic E-state index is -0.263. The molecular formula is C14H16BrClFN3. The average Bonchev–Trinajstić information content (AvgIpc) is 3.05. The fourth-order valence-electron chi connectivity index (χ4n) is 2.77.